The minimum atomic E-state index is -0.628. The van der Waals surface area contributed by atoms with Crippen molar-refractivity contribution in [2.75, 3.05) is 13.1 Å². The van der Waals surface area contributed by atoms with Crippen LogP contribution in [0.5, 0.6) is 0 Å². The number of hydrogen-bond donors (Lipinski definition) is 1. The van der Waals surface area contributed by atoms with Gasteiger partial charge in [0.05, 0.1) is 22.8 Å². The van der Waals surface area contributed by atoms with Crippen LogP contribution in [0.4, 0.5) is 18.4 Å². The van der Waals surface area contributed by atoms with Crippen LogP contribution in [0.3, 0.4) is 0 Å². The van der Waals surface area contributed by atoms with Gasteiger partial charge >= 0.3 is 12.2 Å². The minimum Gasteiger partial charge on any atom is -0.444 e. The van der Waals surface area contributed by atoms with Crippen molar-refractivity contribution < 1.29 is 27.8 Å². The first-order chi connectivity index (χ1) is 21.7. The number of rotatable bonds is 5. The number of aromatic amines is 1. The molecule has 2 aromatic heterocycles. The summed E-state index contributed by atoms with van der Waals surface area (Å²) in [6, 6.07) is 8.85. The number of amides is 2. The van der Waals surface area contributed by atoms with E-state index in [9.17, 15) is 18.4 Å². The number of carbonyl (C=O) groups excluding carboxylic acids is 2. The Morgan fingerprint density at radius 3 is 2.11 bits per heavy atom. The standard InChI is InChI=1S/C35H43F2N5O4/c1-34(2,3)45-32(43)40-15-7-9-23(40)19-26-25-13-11-21(36)17-27(25)38-30(26)31-39-28-18-22(37)12-14-29(28)42(31)20-24-10-8-16-41(24)33(44)46-35(4,5)6/h11-14,17-18,23-24,38H,7-10,15-16,19-20H2,1-6H3/t23-,24-/m0/s1. The molecule has 2 aliphatic rings. The first kappa shape index (κ1) is 31.8. The topological polar surface area (TPSA) is 92.7 Å². The third kappa shape index (κ3) is 6.55. The number of ether oxygens (including phenoxy) is 2. The molecule has 6 rings (SSSR count). The molecule has 2 aromatic carbocycles. The first-order valence-corrected chi connectivity index (χ1v) is 16.1. The van der Waals surface area contributed by atoms with Crippen LogP contribution in [0.15, 0.2) is 36.4 Å². The number of likely N-dealkylation sites (tertiary alicyclic amines) is 2. The third-order valence-corrected chi connectivity index (χ3v) is 8.65. The molecule has 4 aromatic rings. The molecule has 246 valence electrons. The van der Waals surface area contributed by atoms with Crippen molar-refractivity contribution in [3.05, 3.63) is 53.6 Å². The Labute approximate surface area is 267 Å². The van der Waals surface area contributed by atoms with E-state index in [1.807, 2.05) is 46.1 Å². The second-order valence-electron chi connectivity index (χ2n) is 14.5. The molecule has 2 fully saturated rings. The summed E-state index contributed by atoms with van der Waals surface area (Å²) in [5, 5.41) is 0.827. The molecule has 46 heavy (non-hydrogen) atoms. The SMILES string of the molecule is CC(C)(C)OC(=O)N1CCC[C@H]1Cc1c(-c2nc3cc(F)ccc3n2C[C@@H]2CCCN2C(=O)OC(C)(C)C)[nH]c2cc(F)ccc12. The minimum absolute atomic E-state index is 0.134. The number of benzene rings is 2. The number of hydrogen-bond acceptors (Lipinski definition) is 5. The van der Waals surface area contributed by atoms with Gasteiger partial charge in [-0.1, -0.05) is 0 Å². The van der Waals surface area contributed by atoms with Crippen molar-refractivity contribution in [1.29, 1.82) is 0 Å². The smallest absolute Gasteiger partial charge is 0.410 e. The Morgan fingerprint density at radius 1 is 0.870 bits per heavy atom. The van der Waals surface area contributed by atoms with Crippen LogP contribution < -0.4 is 0 Å². The van der Waals surface area contributed by atoms with Gasteiger partial charge in [0.1, 0.15) is 22.8 Å². The summed E-state index contributed by atoms with van der Waals surface area (Å²) < 4.78 is 42.5. The van der Waals surface area contributed by atoms with Crippen molar-refractivity contribution in [3.63, 3.8) is 0 Å². The highest BCUT2D eigenvalue weighted by Gasteiger charge is 2.36. The maximum Gasteiger partial charge on any atom is 0.410 e. The van der Waals surface area contributed by atoms with Crippen molar-refractivity contribution in [1.82, 2.24) is 24.3 Å². The van der Waals surface area contributed by atoms with Gasteiger partial charge in [-0.2, -0.15) is 0 Å². The van der Waals surface area contributed by atoms with Crippen LogP contribution in [0.25, 0.3) is 33.5 Å². The predicted molar refractivity (Wildman–Crippen MR) is 173 cm³/mol. The van der Waals surface area contributed by atoms with Crippen molar-refractivity contribution in [2.24, 2.45) is 0 Å². The summed E-state index contributed by atoms with van der Waals surface area (Å²) in [6.45, 7) is 12.7. The van der Waals surface area contributed by atoms with Crippen molar-refractivity contribution in [3.8, 4) is 11.5 Å². The fraction of sp³-hybridized carbons (Fsp3) is 0.514. The average molecular weight is 636 g/mol. The Kier molecular flexibility index (Phi) is 8.23. The fourth-order valence-corrected chi connectivity index (χ4v) is 6.75. The summed E-state index contributed by atoms with van der Waals surface area (Å²) in [5.41, 5.74) is 2.12. The van der Waals surface area contributed by atoms with E-state index in [0.717, 1.165) is 42.1 Å². The van der Waals surface area contributed by atoms with Gasteiger partial charge in [-0.25, -0.2) is 23.4 Å². The van der Waals surface area contributed by atoms with Crippen LogP contribution in [0, 0.1) is 11.6 Å². The van der Waals surface area contributed by atoms with E-state index in [1.54, 1.807) is 21.9 Å². The molecule has 4 heterocycles. The molecule has 2 atom stereocenters. The second-order valence-corrected chi connectivity index (χ2v) is 14.5. The van der Waals surface area contributed by atoms with E-state index in [2.05, 4.69) is 4.98 Å². The second kappa shape index (κ2) is 11.9. The van der Waals surface area contributed by atoms with Crippen molar-refractivity contribution >= 4 is 34.1 Å². The maximum atomic E-state index is 14.5. The summed E-state index contributed by atoms with van der Waals surface area (Å²) in [6.07, 6.45) is 3.02. The van der Waals surface area contributed by atoms with E-state index < -0.39 is 17.0 Å². The normalized spacial score (nSPS) is 19.0. The van der Waals surface area contributed by atoms with Crippen LogP contribution >= 0.6 is 0 Å². The molecule has 0 bridgehead atoms. The predicted octanol–water partition coefficient (Wildman–Crippen LogP) is 7.80. The summed E-state index contributed by atoms with van der Waals surface area (Å²) in [5.74, 6) is -0.222. The molecule has 11 heteroatoms. The highest BCUT2D eigenvalue weighted by molar-refractivity contribution is 5.92. The quantitative estimate of drug-likeness (QED) is 0.242. The molecule has 2 aliphatic heterocycles. The van der Waals surface area contributed by atoms with Crippen LogP contribution in [-0.2, 0) is 22.4 Å². The van der Waals surface area contributed by atoms with Crippen LogP contribution in [0.2, 0.25) is 0 Å². The summed E-state index contributed by atoms with van der Waals surface area (Å²) in [4.78, 5) is 38.3. The molecule has 0 spiro atoms. The number of halogens is 2. The zero-order valence-electron chi connectivity index (χ0n) is 27.5. The number of aromatic nitrogens is 3. The lowest BCUT2D eigenvalue weighted by molar-refractivity contribution is 0.0208. The zero-order chi connectivity index (χ0) is 33.0. The van der Waals surface area contributed by atoms with E-state index >= 15 is 0 Å². The number of fused-ring (bicyclic) bond motifs is 2. The van der Waals surface area contributed by atoms with Gasteiger partial charge in [0, 0.05) is 42.6 Å². The lowest BCUT2D eigenvalue weighted by Crippen LogP contribution is -2.41. The van der Waals surface area contributed by atoms with E-state index in [4.69, 9.17) is 14.5 Å². The van der Waals surface area contributed by atoms with Gasteiger partial charge in [0.25, 0.3) is 0 Å². The van der Waals surface area contributed by atoms with Gasteiger partial charge < -0.3 is 28.8 Å². The fourth-order valence-electron chi connectivity index (χ4n) is 6.75. The Bertz CT molecular complexity index is 1650. The average Bonchev–Trinajstić information content (AvgIpc) is 3.73. The summed E-state index contributed by atoms with van der Waals surface area (Å²) >= 11 is 0. The molecule has 2 amide bonds. The molecular formula is C35H43F2N5O4. The Morgan fingerprint density at radius 2 is 1.46 bits per heavy atom. The van der Waals surface area contributed by atoms with Gasteiger partial charge in [0.15, 0.2) is 5.82 Å². The van der Waals surface area contributed by atoms with Crippen molar-refractivity contribution in [2.45, 2.75) is 103 Å². The van der Waals surface area contributed by atoms with E-state index in [-0.39, 0.29) is 30.1 Å². The number of carbonyl (C=O) groups is 2. The Hall–Kier alpha value is -4.15. The molecule has 9 nitrogen and oxygen atoms in total. The monoisotopic (exact) mass is 635 g/mol. The van der Waals surface area contributed by atoms with Crippen LogP contribution in [0.1, 0.15) is 72.8 Å². The van der Waals surface area contributed by atoms with E-state index in [0.29, 0.717) is 48.6 Å². The molecular weight excluding hydrogens is 592 g/mol. The van der Waals surface area contributed by atoms with E-state index in [1.165, 1.54) is 24.3 Å². The highest BCUT2D eigenvalue weighted by Crippen LogP contribution is 2.37. The summed E-state index contributed by atoms with van der Waals surface area (Å²) in [7, 11) is 0. The number of nitrogens with zero attached hydrogens (tertiary/aromatic N) is 4. The molecule has 1 N–H and O–H groups in total. The number of imidazole rings is 1. The van der Waals surface area contributed by atoms with Gasteiger partial charge in [-0.15, -0.1) is 0 Å². The number of nitrogens with one attached hydrogen (secondary N) is 1. The molecule has 0 aliphatic carbocycles. The first-order valence-electron chi connectivity index (χ1n) is 16.1. The lowest BCUT2D eigenvalue weighted by atomic mass is 10.00. The van der Waals surface area contributed by atoms with Gasteiger partial charge in [-0.3, -0.25) is 0 Å². The zero-order valence-corrected chi connectivity index (χ0v) is 27.5. The van der Waals surface area contributed by atoms with Gasteiger partial charge in [0.2, 0.25) is 0 Å². The largest absolute Gasteiger partial charge is 0.444 e. The molecule has 0 radical (unpaired) electrons. The molecule has 0 unspecified atom stereocenters. The third-order valence-electron chi connectivity index (χ3n) is 8.65. The molecule has 0 saturated carbocycles. The maximum absolute atomic E-state index is 14.5. The number of H-pyrrole nitrogens is 1. The Balaban J connectivity index is 1.43. The lowest BCUT2D eigenvalue weighted by Gasteiger charge is -2.29. The van der Waals surface area contributed by atoms with Crippen LogP contribution in [-0.4, -0.2) is 72.9 Å². The van der Waals surface area contributed by atoms with Gasteiger partial charge in [-0.05, 0) is 110 Å². The molecule has 2 saturated heterocycles. The highest BCUT2D eigenvalue weighted by atomic mass is 19.1.